The first kappa shape index (κ1) is 21.5. The van der Waals surface area contributed by atoms with E-state index in [0.717, 1.165) is 16.6 Å². The standard InChI is InChI=1S/C26H24N4O4/c1-16-7-3-4-8-19(16)26(32)27-17(2)25-29-20-9-5-6-10-21(20)30(25)14-24(31)28-18-11-12-22-23(13-18)34-15-33-22/h3-13,17H,14-15H2,1-2H3,(H,27,32)(H,28,31). The summed E-state index contributed by atoms with van der Waals surface area (Å²) in [4.78, 5) is 30.6. The predicted molar refractivity (Wildman–Crippen MR) is 128 cm³/mol. The van der Waals surface area contributed by atoms with Crippen LogP contribution in [0.5, 0.6) is 11.5 Å². The number of imidazole rings is 1. The summed E-state index contributed by atoms with van der Waals surface area (Å²) in [5.41, 5.74) is 3.68. The van der Waals surface area contributed by atoms with Crippen LogP contribution >= 0.6 is 0 Å². The molecule has 0 spiro atoms. The van der Waals surface area contributed by atoms with Crippen LogP contribution in [-0.2, 0) is 11.3 Å². The predicted octanol–water partition coefficient (Wildman–Crippen LogP) is 4.20. The van der Waals surface area contributed by atoms with Crippen molar-refractivity contribution in [3.8, 4) is 11.5 Å². The lowest BCUT2D eigenvalue weighted by molar-refractivity contribution is -0.116. The molecule has 172 valence electrons. The molecule has 2 heterocycles. The van der Waals surface area contributed by atoms with E-state index in [2.05, 4.69) is 10.6 Å². The minimum absolute atomic E-state index is 0.0366. The summed E-state index contributed by atoms with van der Waals surface area (Å²) in [7, 11) is 0. The number of anilines is 1. The van der Waals surface area contributed by atoms with Crippen LogP contribution in [0.25, 0.3) is 11.0 Å². The Bertz CT molecular complexity index is 1390. The fraction of sp³-hybridized carbons (Fsp3) is 0.192. The average molecular weight is 457 g/mol. The highest BCUT2D eigenvalue weighted by Gasteiger charge is 2.21. The minimum Gasteiger partial charge on any atom is -0.454 e. The molecular formula is C26H24N4O4. The monoisotopic (exact) mass is 456 g/mol. The third-order valence-corrected chi connectivity index (χ3v) is 5.77. The number of aromatic nitrogens is 2. The number of ether oxygens (including phenoxy) is 2. The molecule has 1 aliphatic heterocycles. The van der Waals surface area contributed by atoms with Gasteiger partial charge in [-0.05, 0) is 49.7 Å². The van der Waals surface area contributed by atoms with Crippen LogP contribution in [0.2, 0.25) is 0 Å². The molecule has 34 heavy (non-hydrogen) atoms. The second-order valence-electron chi connectivity index (χ2n) is 8.17. The zero-order valence-electron chi connectivity index (χ0n) is 18.9. The van der Waals surface area contributed by atoms with E-state index >= 15 is 0 Å². The van der Waals surface area contributed by atoms with Crippen molar-refractivity contribution in [2.75, 3.05) is 12.1 Å². The zero-order chi connectivity index (χ0) is 23.7. The summed E-state index contributed by atoms with van der Waals surface area (Å²) in [5.74, 6) is 1.44. The normalized spacial score (nSPS) is 13.0. The van der Waals surface area contributed by atoms with Gasteiger partial charge in [0.1, 0.15) is 12.4 Å². The first-order chi connectivity index (χ1) is 16.5. The lowest BCUT2D eigenvalue weighted by Gasteiger charge is -2.17. The molecule has 0 saturated heterocycles. The number of nitrogens with one attached hydrogen (secondary N) is 2. The van der Waals surface area contributed by atoms with E-state index in [1.54, 1.807) is 24.3 Å². The largest absolute Gasteiger partial charge is 0.454 e. The number of amides is 2. The smallest absolute Gasteiger partial charge is 0.252 e. The number of carbonyl (C=O) groups excluding carboxylic acids is 2. The Labute approximate surface area is 196 Å². The number of aryl methyl sites for hydroxylation is 1. The minimum atomic E-state index is -0.419. The maximum Gasteiger partial charge on any atom is 0.252 e. The van der Waals surface area contributed by atoms with Crippen LogP contribution in [0, 0.1) is 6.92 Å². The molecule has 1 aromatic heterocycles. The number of para-hydroxylation sites is 2. The van der Waals surface area contributed by atoms with Crippen molar-refractivity contribution >= 4 is 28.5 Å². The number of hydrogen-bond donors (Lipinski definition) is 2. The topological polar surface area (TPSA) is 94.5 Å². The lowest BCUT2D eigenvalue weighted by Crippen LogP contribution is -2.30. The van der Waals surface area contributed by atoms with Gasteiger partial charge in [0.15, 0.2) is 11.5 Å². The molecule has 1 unspecified atom stereocenters. The van der Waals surface area contributed by atoms with Crippen LogP contribution in [0.4, 0.5) is 5.69 Å². The highest BCUT2D eigenvalue weighted by molar-refractivity contribution is 5.96. The van der Waals surface area contributed by atoms with Gasteiger partial charge >= 0.3 is 0 Å². The van der Waals surface area contributed by atoms with Gasteiger partial charge in [-0.15, -0.1) is 0 Å². The molecule has 2 amide bonds. The van der Waals surface area contributed by atoms with Crippen LogP contribution in [0.15, 0.2) is 66.7 Å². The first-order valence-corrected chi connectivity index (χ1v) is 11.0. The van der Waals surface area contributed by atoms with Crippen LogP contribution in [0.3, 0.4) is 0 Å². The molecule has 0 fully saturated rings. The molecule has 8 nitrogen and oxygen atoms in total. The molecule has 5 rings (SSSR count). The van der Waals surface area contributed by atoms with E-state index in [0.29, 0.717) is 28.6 Å². The highest BCUT2D eigenvalue weighted by atomic mass is 16.7. The number of hydrogen-bond acceptors (Lipinski definition) is 5. The second kappa shape index (κ2) is 8.90. The van der Waals surface area contributed by atoms with Gasteiger partial charge in [0, 0.05) is 17.3 Å². The van der Waals surface area contributed by atoms with Gasteiger partial charge in [0.2, 0.25) is 12.7 Å². The van der Waals surface area contributed by atoms with Gasteiger partial charge in [-0.3, -0.25) is 9.59 Å². The van der Waals surface area contributed by atoms with Crippen molar-refractivity contribution in [3.05, 3.63) is 83.7 Å². The number of rotatable bonds is 6. The molecule has 0 aliphatic carbocycles. The maximum absolute atomic E-state index is 13.0. The van der Waals surface area contributed by atoms with Crippen molar-refractivity contribution in [1.82, 2.24) is 14.9 Å². The van der Waals surface area contributed by atoms with E-state index in [4.69, 9.17) is 14.5 Å². The Morgan fingerprint density at radius 2 is 1.79 bits per heavy atom. The van der Waals surface area contributed by atoms with Crippen LogP contribution in [0.1, 0.15) is 34.7 Å². The number of nitrogens with zero attached hydrogens (tertiary/aromatic N) is 2. The Kier molecular flexibility index (Phi) is 5.63. The molecule has 0 radical (unpaired) electrons. The van der Waals surface area contributed by atoms with Crippen LogP contribution < -0.4 is 20.1 Å². The summed E-state index contributed by atoms with van der Waals surface area (Å²) in [5, 5.41) is 5.93. The van der Waals surface area contributed by atoms with E-state index in [-0.39, 0.29) is 25.2 Å². The number of fused-ring (bicyclic) bond motifs is 2. The molecule has 0 saturated carbocycles. The molecule has 4 aromatic rings. The third-order valence-electron chi connectivity index (χ3n) is 5.77. The molecule has 8 heteroatoms. The van der Waals surface area contributed by atoms with Crippen molar-refractivity contribution in [1.29, 1.82) is 0 Å². The molecule has 1 atom stereocenters. The molecule has 2 N–H and O–H groups in total. The quantitative estimate of drug-likeness (QED) is 0.453. The Morgan fingerprint density at radius 3 is 2.65 bits per heavy atom. The highest BCUT2D eigenvalue weighted by Crippen LogP contribution is 2.34. The van der Waals surface area contributed by atoms with E-state index in [1.807, 2.05) is 60.9 Å². The number of carbonyl (C=O) groups is 2. The summed E-state index contributed by atoms with van der Waals surface area (Å²) >= 11 is 0. The van der Waals surface area contributed by atoms with Gasteiger partial charge < -0.3 is 24.7 Å². The van der Waals surface area contributed by atoms with Gasteiger partial charge in [-0.2, -0.15) is 0 Å². The summed E-state index contributed by atoms with van der Waals surface area (Å²) < 4.78 is 12.5. The molecule has 3 aromatic carbocycles. The van der Waals surface area contributed by atoms with Gasteiger partial charge in [-0.1, -0.05) is 30.3 Å². The lowest BCUT2D eigenvalue weighted by atomic mass is 10.1. The average Bonchev–Trinajstić information content (AvgIpc) is 3.44. The third kappa shape index (κ3) is 4.17. The second-order valence-corrected chi connectivity index (χ2v) is 8.17. The summed E-state index contributed by atoms with van der Waals surface area (Å²) in [6.07, 6.45) is 0. The number of benzene rings is 3. The molecule has 1 aliphatic rings. The molecular weight excluding hydrogens is 432 g/mol. The maximum atomic E-state index is 13.0. The van der Waals surface area contributed by atoms with Crippen molar-refractivity contribution in [2.24, 2.45) is 0 Å². The van der Waals surface area contributed by atoms with E-state index in [9.17, 15) is 9.59 Å². The van der Waals surface area contributed by atoms with Crippen molar-refractivity contribution < 1.29 is 19.1 Å². The van der Waals surface area contributed by atoms with Crippen molar-refractivity contribution in [3.63, 3.8) is 0 Å². The summed E-state index contributed by atoms with van der Waals surface area (Å²) in [6.45, 7) is 3.97. The van der Waals surface area contributed by atoms with Crippen molar-refractivity contribution in [2.45, 2.75) is 26.4 Å². The van der Waals surface area contributed by atoms with E-state index < -0.39 is 6.04 Å². The van der Waals surface area contributed by atoms with Gasteiger partial charge in [-0.25, -0.2) is 4.98 Å². The first-order valence-electron chi connectivity index (χ1n) is 11.0. The van der Waals surface area contributed by atoms with E-state index in [1.165, 1.54) is 0 Å². The molecule has 0 bridgehead atoms. The Hall–Kier alpha value is -4.33. The van der Waals surface area contributed by atoms with Gasteiger partial charge in [0.25, 0.3) is 5.91 Å². The van der Waals surface area contributed by atoms with Gasteiger partial charge in [0.05, 0.1) is 17.1 Å². The fourth-order valence-corrected chi connectivity index (χ4v) is 4.08. The Morgan fingerprint density at radius 1 is 1.03 bits per heavy atom. The summed E-state index contributed by atoms with van der Waals surface area (Å²) in [6, 6.07) is 19.9. The zero-order valence-corrected chi connectivity index (χ0v) is 18.9. The fourth-order valence-electron chi connectivity index (χ4n) is 4.08. The van der Waals surface area contributed by atoms with Crippen LogP contribution in [-0.4, -0.2) is 28.2 Å². The Balaban J connectivity index is 1.39. The SMILES string of the molecule is Cc1ccccc1C(=O)NC(C)c1nc2ccccc2n1CC(=O)Nc1ccc2c(c1)OCO2.